The summed E-state index contributed by atoms with van der Waals surface area (Å²) in [6, 6.07) is 0. The van der Waals surface area contributed by atoms with Gasteiger partial charge in [0.2, 0.25) is 0 Å². The topological polar surface area (TPSA) is 34.1 Å². The molecule has 0 saturated heterocycles. The maximum Gasteiger partial charge on any atom is 0.162 e. The van der Waals surface area contributed by atoms with E-state index in [0.717, 1.165) is 37.9 Å². The van der Waals surface area contributed by atoms with Crippen LogP contribution < -0.4 is 0 Å². The molecule has 0 N–H and O–H groups in total. The van der Waals surface area contributed by atoms with Crippen molar-refractivity contribution in [1.29, 1.82) is 0 Å². The summed E-state index contributed by atoms with van der Waals surface area (Å²) >= 11 is 6.02. The van der Waals surface area contributed by atoms with Gasteiger partial charge in [-0.15, -0.1) is 0 Å². The maximum atomic E-state index is 12.7. The number of thiol groups is 1. The van der Waals surface area contributed by atoms with Crippen LogP contribution in [-0.4, -0.2) is 28.3 Å². The highest BCUT2D eigenvalue weighted by molar-refractivity contribution is 7.99. The first kappa shape index (κ1) is 39.3. The Morgan fingerprint density at radius 2 is 1.43 bits per heavy atom. The van der Waals surface area contributed by atoms with Crippen molar-refractivity contribution in [2.45, 2.75) is 145 Å². The Balaban J connectivity index is 0.000000657. The van der Waals surface area contributed by atoms with Crippen LogP contribution in [0.2, 0.25) is 0 Å². The average Bonchev–Trinajstić information content (AvgIpc) is 2.85. The molecule has 40 heavy (non-hydrogen) atoms. The Morgan fingerprint density at radius 1 is 0.925 bits per heavy atom. The summed E-state index contributed by atoms with van der Waals surface area (Å²) in [6.45, 7) is 21.6. The minimum atomic E-state index is 0.0902. The van der Waals surface area contributed by atoms with Gasteiger partial charge in [0.25, 0.3) is 0 Å². The fourth-order valence-corrected chi connectivity index (χ4v) is 7.40. The first-order valence-corrected chi connectivity index (χ1v) is 17.7. The van der Waals surface area contributed by atoms with Crippen molar-refractivity contribution < 1.29 is 9.59 Å². The normalized spacial score (nSPS) is 22.2. The van der Waals surface area contributed by atoms with E-state index in [2.05, 4.69) is 87.1 Å². The molecule has 4 heteroatoms. The van der Waals surface area contributed by atoms with E-state index < -0.39 is 0 Å². The predicted molar refractivity (Wildman–Crippen MR) is 185 cm³/mol. The number of rotatable bonds is 13. The fourth-order valence-electron chi connectivity index (χ4n) is 6.12. The molecule has 0 spiro atoms. The van der Waals surface area contributed by atoms with Gasteiger partial charge in [-0.2, -0.15) is 24.4 Å². The largest absolute Gasteiger partial charge is 0.299 e. The first-order valence-electron chi connectivity index (χ1n) is 16.0. The highest BCUT2D eigenvalue weighted by atomic mass is 32.2. The third kappa shape index (κ3) is 14.9. The Kier molecular flexibility index (Phi) is 20.6. The minimum Gasteiger partial charge on any atom is -0.299 e. The summed E-state index contributed by atoms with van der Waals surface area (Å²) in [5.74, 6) is 3.20. The highest BCUT2D eigenvalue weighted by Gasteiger charge is 2.38. The number of hydrogen-bond donors (Lipinski definition) is 1. The molecule has 2 aliphatic carbocycles. The lowest BCUT2D eigenvalue weighted by Crippen LogP contribution is -2.35. The number of thioether (sulfide) groups is 1. The molecule has 2 nitrogen and oxygen atoms in total. The average molecular weight is 593 g/mol. The molecule has 2 rings (SSSR count). The molecule has 0 aromatic rings. The van der Waals surface area contributed by atoms with Crippen molar-refractivity contribution in [3.8, 4) is 0 Å². The van der Waals surface area contributed by atoms with Crippen molar-refractivity contribution in [3.63, 3.8) is 0 Å². The lowest BCUT2D eigenvalue weighted by molar-refractivity contribution is -0.125. The van der Waals surface area contributed by atoms with Crippen LogP contribution in [0.25, 0.3) is 0 Å². The number of hydrogen-bond acceptors (Lipinski definition) is 4. The van der Waals surface area contributed by atoms with Crippen LogP contribution in [0, 0.1) is 22.7 Å². The summed E-state index contributed by atoms with van der Waals surface area (Å²) in [5.41, 5.74) is 2.80. The number of allylic oxidation sites excluding steroid dienone is 6. The van der Waals surface area contributed by atoms with Crippen LogP contribution in [0.3, 0.4) is 0 Å². The van der Waals surface area contributed by atoms with Crippen LogP contribution in [0.5, 0.6) is 0 Å². The van der Waals surface area contributed by atoms with Gasteiger partial charge >= 0.3 is 0 Å². The molecule has 0 amide bonds. The molecule has 0 saturated carbocycles. The van der Waals surface area contributed by atoms with Crippen LogP contribution in [-0.2, 0) is 9.59 Å². The third-order valence-corrected chi connectivity index (χ3v) is 9.90. The lowest BCUT2D eigenvalue weighted by Gasteiger charge is -2.37. The van der Waals surface area contributed by atoms with Crippen molar-refractivity contribution in [3.05, 3.63) is 35.5 Å². The van der Waals surface area contributed by atoms with E-state index in [1.165, 1.54) is 55.4 Å². The van der Waals surface area contributed by atoms with Crippen LogP contribution in [0.1, 0.15) is 140 Å². The molecule has 232 valence electrons. The monoisotopic (exact) mass is 592 g/mol. The van der Waals surface area contributed by atoms with Gasteiger partial charge in [-0.25, -0.2) is 0 Å². The Hall–Kier alpha value is -0.740. The van der Waals surface area contributed by atoms with Crippen molar-refractivity contribution in [1.82, 2.24) is 0 Å². The van der Waals surface area contributed by atoms with E-state index in [1.54, 1.807) is 6.08 Å². The highest BCUT2D eigenvalue weighted by Crippen LogP contribution is 2.43. The van der Waals surface area contributed by atoms with Gasteiger partial charge in [0.15, 0.2) is 5.78 Å². The van der Waals surface area contributed by atoms with Crippen LogP contribution >= 0.6 is 24.4 Å². The Bertz CT molecular complexity index is 815. The third-order valence-electron chi connectivity index (χ3n) is 8.32. The van der Waals surface area contributed by atoms with E-state index in [1.807, 2.05) is 24.8 Å². The molecule has 3 atom stereocenters. The summed E-state index contributed by atoms with van der Waals surface area (Å²) in [6.07, 6.45) is 21.0. The number of carbonyl (C=O) groups is 2. The van der Waals surface area contributed by atoms with Gasteiger partial charge in [0, 0.05) is 23.5 Å². The van der Waals surface area contributed by atoms with Crippen molar-refractivity contribution >= 4 is 36.0 Å². The Morgan fingerprint density at radius 3 is 1.85 bits per heavy atom. The summed E-state index contributed by atoms with van der Waals surface area (Å²) < 4.78 is 0. The molecule has 0 aliphatic heterocycles. The molecule has 0 aromatic heterocycles. The molecule has 3 unspecified atom stereocenters. The van der Waals surface area contributed by atoms with Crippen molar-refractivity contribution in [2.75, 3.05) is 11.5 Å². The number of carbonyl (C=O) groups excluding carboxylic acids is 2. The number of ketones is 2. The molecule has 0 bridgehead atoms. The zero-order chi connectivity index (χ0) is 30.8. The number of unbranched alkanes of at least 4 members (excludes halogenated alkanes) is 4. The van der Waals surface area contributed by atoms with Gasteiger partial charge in [0.05, 0.1) is 0 Å². The van der Waals surface area contributed by atoms with Crippen LogP contribution in [0.15, 0.2) is 35.5 Å². The predicted octanol–water partition coefficient (Wildman–Crippen LogP) is 11.3. The van der Waals surface area contributed by atoms with Gasteiger partial charge in [-0.3, -0.25) is 9.59 Å². The van der Waals surface area contributed by atoms with Gasteiger partial charge in [0.1, 0.15) is 5.78 Å². The SMILES string of the molecule is C/C=C/C(=O)C1C(C)=CCCC1(C)C.CCCCCS.CCCCCSC(C)CC(=O)C1C(C)=CCCC1(C)C. The first-order chi connectivity index (χ1) is 18.8. The van der Waals surface area contributed by atoms with E-state index in [9.17, 15) is 9.59 Å². The molecule has 0 heterocycles. The fraction of sp³-hybridized carbons (Fsp3) is 0.778. The van der Waals surface area contributed by atoms with Crippen LogP contribution in [0.4, 0.5) is 0 Å². The summed E-state index contributed by atoms with van der Waals surface area (Å²) in [4.78, 5) is 24.6. The smallest absolute Gasteiger partial charge is 0.162 e. The minimum absolute atomic E-state index is 0.0902. The van der Waals surface area contributed by atoms with E-state index in [4.69, 9.17) is 0 Å². The molecule has 0 aromatic carbocycles. The second-order valence-electron chi connectivity index (χ2n) is 13.2. The van der Waals surface area contributed by atoms with Gasteiger partial charge < -0.3 is 0 Å². The lowest BCUT2D eigenvalue weighted by atomic mass is 9.66. The maximum absolute atomic E-state index is 12.7. The zero-order valence-corrected chi connectivity index (χ0v) is 29.6. The quantitative estimate of drug-likeness (QED) is 0.0999. The molecule has 0 fully saturated rings. The van der Waals surface area contributed by atoms with Gasteiger partial charge in [-0.05, 0) is 87.7 Å². The van der Waals surface area contributed by atoms with E-state index in [0.29, 0.717) is 11.0 Å². The summed E-state index contributed by atoms with van der Waals surface area (Å²) in [7, 11) is 0. The molecular weight excluding hydrogens is 529 g/mol. The molecular formula is C36H64O2S2. The Labute approximate surface area is 259 Å². The second-order valence-corrected chi connectivity index (χ2v) is 15.2. The van der Waals surface area contributed by atoms with E-state index in [-0.39, 0.29) is 28.4 Å². The number of Topliss-reactive ketones (excluding diaryl/α,β-unsaturated/α-hetero) is 1. The van der Waals surface area contributed by atoms with Crippen molar-refractivity contribution in [2.24, 2.45) is 22.7 Å². The second kappa shape index (κ2) is 21.0. The zero-order valence-electron chi connectivity index (χ0n) is 27.9. The van der Waals surface area contributed by atoms with E-state index >= 15 is 0 Å². The summed E-state index contributed by atoms with van der Waals surface area (Å²) in [5, 5.41) is 0.463. The standard InChI is InChI=1S/C18H32OS.C13H20O.C5H12S/c1-6-7-8-12-20-15(3)13-16(19)17-14(2)10-9-11-18(17,4)5;1-5-7-11(14)12-10(2)8-6-9-13(12,3)4;1-2-3-4-5-6/h10,15,17H,6-9,11-13H2,1-5H3;5,7-8,12H,6,9H2,1-4H3;6H,2-5H2,1H3/b;7-5+;. The molecule has 0 radical (unpaired) electrons. The molecule has 2 aliphatic rings. The van der Waals surface area contributed by atoms with Gasteiger partial charge in [-0.1, -0.05) is 104 Å².